The third kappa shape index (κ3) is 5.69. The van der Waals surface area contributed by atoms with Gasteiger partial charge in [-0.15, -0.1) is 0 Å². The molecule has 1 atom stereocenters. The molecule has 0 aliphatic carbocycles. The number of nitrogens with one attached hydrogen (secondary N) is 2. The van der Waals surface area contributed by atoms with Gasteiger partial charge < -0.3 is 15.0 Å². The second-order valence-corrected chi connectivity index (χ2v) is 8.59. The molecule has 1 aliphatic heterocycles. The van der Waals surface area contributed by atoms with Crippen molar-refractivity contribution in [3.8, 4) is 11.8 Å². The molecule has 1 aliphatic rings. The highest BCUT2D eigenvalue weighted by Gasteiger charge is 2.47. The highest BCUT2D eigenvalue weighted by molar-refractivity contribution is 6.12. The van der Waals surface area contributed by atoms with E-state index in [0.29, 0.717) is 11.6 Å². The van der Waals surface area contributed by atoms with E-state index in [-0.39, 0.29) is 5.56 Å². The third-order valence-corrected chi connectivity index (χ3v) is 6.30. The lowest BCUT2D eigenvalue weighted by Gasteiger charge is -2.34. The molecule has 0 bridgehead atoms. The summed E-state index contributed by atoms with van der Waals surface area (Å²) in [6.45, 7) is 3.67. The van der Waals surface area contributed by atoms with E-state index in [1.807, 2.05) is 12.1 Å². The Hall–Kier alpha value is -3.71. The molecule has 0 spiro atoms. The number of carbonyl (C=O) groups excluding carboxylic acids is 3. The van der Waals surface area contributed by atoms with Gasteiger partial charge in [0, 0.05) is 37.3 Å². The van der Waals surface area contributed by atoms with Gasteiger partial charge in [0.2, 0.25) is 0 Å². The molecule has 9 heteroatoms. The number of likely N-dealkylation sites (N-methyl/N-ethyl adjacent to an activating group) is 3. The van der Waals surface area contributed by atoms with E-state index in [0.717, 1.165) is 30.2 Å². The van der Waals surface area contributed by atoms with Crippen LogP contribution in [0.2, 0.25) is 0 Å². The fourth-order valence-electron chi connectivity index (χ4n) is 3.59. The third-order valence-electron chi connectivity index (χ3n) is 6.30. The van der Waals surface area contributed by atoms with Crippen LogP contribution < -0.4 is 10.8 Å². The summed E-state index contributed by atoms with van der Waals surface area (Å²) in [6, 6.07) is 15.1. The van der Waals surface area contributed by atoms with Crippen LogP contribution >= 0.6 is 0 Å². The smallest absolute Gasteiger partial charge is 0.278 e. The van der Waals surface area contributed by atoms with Crippen LogP contribution in [0, 0.1) is 11.8 Å². The zero-order valence-electron chi connectivity index (χ0n) is 20.3. The Balaban J connectivity index is 1.67. The number of benzene rings is 2. The first-order valence-electron chi connectivity index (χ1n) is 11.1. The molecule has 35 heavy (non-hydrogen) atoms. The molecular weight excluding hydrogens is 448 g/mol. The highest BCUT2D eigenvalue weighted by atomic mass is 16.5. The lowest BCUT2D eigenvalue weighted by Crippen LogP contribution is -2.64. The first-order chi connectivity index (χ1) is 16.7. The number of amides is 3. The Morgan fingerprint density at radius 3 is 2.00 bits per heavy atom. The largest absolute Gasteiger partial charge is 0.378 e. The van der Waals surface area contributed by atoms with Gasteiger partial charge in [-0.25, -0.2) is 5.48 Å². The average Bonchev–Trinajstić information content (AvgIpc) is 2.85. The first kappa shape index (κ1) is 25.9. The summed E-state index contributed by atoms with van der Waals surface area (Å²) in [7, 11) is 4.75. The quantitative estimate of drug-likeness (QED) is 0.237. The van der Waals surface area contributed by atoms with Crippen LogP contribution in [0.15, 0.2) is 48.5 Å². The molecule has 2 aromatic rings. The van der Waals surface area contributed by atoms with Crippen molar-refractivity contribution in [1.29, 1.82) is 0 Å². The van der Waals surface area contributed by atoms with Crippen LogP contribution in [0.1, 0.15) is 34.0 Å². The number of hydrogen-bond donors (Lipinski definition) is 3. The molecule has 3 rings (SSSR count). The summed E-state index contributed by atoms with van der Waals surface area (Å²) in [6.07, 6.45) is 0. The summed E-state index contributed by atoms with van der Waals surface area (Å²) in [4.78, 5) is 40.7. The number of ether oxygens (including phenoxy) is 1. The molecule has 1 heterocycles. The van der Waals surface area contributed by atoms with E-state index in [2.05, 4.69) is 41.2 Å². The number of rotatable bonds is 7. The molecule has 184 valence electrons. The van der Waals surface area contributed by atoms with Crippen molar-refractivity contribution in [1.82, 2.24) is 20.6 Å². The molecule has 3 N–H and O–H groups in total. The maximum Gasteiger partial charge on any atom is 0.278 e. The van der Waals surface area contributed by atoms with Crippen LogP contribution in [0.25, 0.3) is 0 Å². The van der Waals surface area contributed by atoms with Crippen molar-refractivity contribution in [3.05, 3.63) is 70.8 Å². The number of hydroxylamine groups is 1. The lowest BCUT2D eigenvalue weighted by molar-refractivity contribution is -0.148. The monoisotopic (exact) mass is 478 g/mol. The maximum absolute atomic E-state index is 12.9. The predicted octanol–water partition coefficient (Wildman–Crippen LogP) is 0.999. The summed E-state index contributed by atoms with van der Waals surface area (Å²) in [5.41, 5.74) is 2.57. The van der Waals surface area contributed by atoms with Crippen LogP contribution in [0.4, 0.5) is 0 Å². The molecule has 0 unspecified atom stereocenters. The molecule has 2 aromatic carbocycles. The van der Waals surface area contributed by atoms with Crippen molar-refractivity contribution in [2.75, 3.05) is 34.4 Å². The second kappa shape index (κ2) is 11.1. The molecular formula is C26H30N4O5. The normalized spacial score (nSPS) is 14.7. The van der Waals surface area contributed by atoms with Crippen molar-refractivity contribution in [2.45, 2.75) is 25.0 Å². The minimum atomic E-state index is -1.94. The molecule has 0 saturated carbocycles. The minimum absolute atomic E-state index is 0.268. The van der Waals surface area contributed by atoms with Gasteiger partial charge in [0.1, 0.15) is 0 Å². The maximum atomic E-state index is 12.9. The Labute approximate surface area is 205 Å². The van der Waals surface area contributed by atoms with Gasteiger partial charge in [-0.3, -0.25) is 24.5 Å². The number of nitrogens with zero attached hydrogens (tertiary/aromatic N) is 2. The molecule has 1 saturated heterocycles. The van der Waals surface area contributed by atoms with E-state index >= 15 is 0 Å². The van der Waals surface area contributed by atoms with E-state index in [4.69, 9.17) is 9.94 Å². The van der Waals surface area contributed by atoms with Gasteiger partial charge in [-0.05, 0) is 55.9 Å². The standard InChI is InChI=1S/C26H30N4O5/c1-26(24(32)27-2,25(33)28-34)30(4)23(31)21-13-11-19(12-14-21)6-5-18-7-9-20(10-8-18)15-29(3)22-16-35-17-22/h7-14,22,34H,15-17H2,1-4H3,(H,27,32)(H,28,33)/t26-/m0/s1. The fraction of sp³-hybridized carbons (Fsp3) is 0.346. The highest BCUT2D eigenvalue weighted by Crippen LogP contribution is 2.18. The Kier molecular flexibility index (Phi) is 8.25. The zero-order chi connectivity index (χ0) is 25.6. The minimum Gasteiger partial charge on any atom is -0.378 e. The van der Waals surface area contributed by atoms with Gasteiger partial charge in [0.15, 0.2) is 5.54 Å². The molecule has 0 aromatic heterocycles. The molecule has 1 fully saturated rings. The second-order valence-electron chi connectivity index (χ2n) is 8.59. The zero-order valence-corrected chi connectivity index (χ0v) is 20.3. The van der Waals surface area contributed by atoms with E-state index < -0.39 is 23.3 Å². The van der Waals surface area contributed by atoms with Crippen LogP contribution in [-0.4, -0.2) is 78.7 Å². The van der Waals surface area contributed by atoms with Crippen molar-refractivity contribution >= 4 is 17.7 Å². The predicted molar refractivity (Wildman–Crippen MR) is 129 cm³/mol. The van der Waals surface area contributed by atoms with Crippen LogP contribution in [0.5, 0.6) is 0 Å². The summed E-state index contributed by atoms with van der Waals surface area (Å²) >= 11 is 0. The summed E-state index contributed by atoms with van der Waals surface area (Å²) in [5, 5.41) is 11.4. The SMILES string of the molecule is CNC(=O)[C@@](C)(C(=O)NO)N(C)C(=O)c1ccc(C#Cc2ccc(CN(C)C3COC3)cc2)cc1. The Morgan fingerprint density at radius 1 is 1.00 bits per heavy atom. The van der Waals surface area contributed by atoms with Gasteiger partial charge >= 0.3 is 0 Å². The summed E-state index contributed by atoms with van der Waals surface area (Å²) < 4.78 is 5.24. The van der Waals surface area contributed by atoms with Crippen molar-refractivity contribution in [2.24, 2.45) is 0 Å². The lowest BCUT2D eigenvalue weighted by atomic mass is 9.96. The Bertz CT molecular complexity index is 1120. The van der Waals surface area contributed by atoms with Gasteiger partial charge in [0.25, 0.3) is 17.7 Å². The molecule has 9 nitrogen and oxygen atoms in total. The fourth-order valence-corrected chi connectivity index (χ4v) is 3.59. The van der Waals surface area contributed by atoms with Gasteiger partial charge in [-0.1, -0.05) is 24.0 Å². The van der Waals surface area contributed by atoms with Crippen LogP contribution in [-0.2, 0) is 20.9 Å². The van der Waals surface area contributed by atoms with Crippen LogP contribution in [0.3, 0.4) is 0 Å². The van der Waals surface area contributed by atoms with E-state index in [1.165, 1.54) is 32.1 Å². The van der Waals surface area contributed by atoms with Crippen molar-refractivity contribution < 1.29 is 24.3 Å². The van der Waals surface area contributed by atoms with E-state index in [1.54, 1.807) is 24.3 Å². The van der Waals surface area contributed by atoms with Crippen molar-refractivity contribution in [3.63, 3.8) is 0 Å². The molecule has 0 radical (unpaired) electrons. The van der Waals surface area contributed by atoms with Gasteiger partial charge in [0.05, 0.1) is 19.3 Å². The number of hydrogen-bond acceptors (Lipinski definition) is 6. The molecule has 3 amide bonds. The Morgan fingerprint density at radius 2 is 1.54 bits per heavy atom. The first-order valence-corrected chi connectivity index (χ1v) is 11.1. The number of carbonyl (C=O) groups is 3. The topological polar surface area (TPSA) is 111 Å². The summed E-state index contributed by atoms with van der Waals surface area (Å²) in [5.74, 6) is 3.87. The van der Waals surface area contributed by atoms with Gasteiger partial charge in [-0.2, -0.15) is 0 Å². The van der Waals surface area contributed by atoms with E-state index in [9.17, 15) is 14.4 Å². The average molecular weight is 479 g/mol.